The van der Waals surface area contributed by atoms with Gasteiger partial charge in [-0.25, -0.2) is 12.8 Å². The molecule has 1 amide bonds. The maximum absolute atomic E-state index is 13.1. The van der Waals surface area contributed by atoms with Gasteiger partial charge < -0.3 is 9.80 Å². The van der Waals surface area contributed by atoms with Gasteiger partial charge >= 0.3 is 0 Å². The van der Waals surface area contributed by atoms with Gasteiger partial charge in [-0.15, -0.1) is 0 Å². The van der Waals surface area contributed by atoms with Crippen LogP contribution in [0.2, 0.25) is 0 Å². The lowest BCUT2D eigenvalue weighted by Crippen LogP contribution is -2.48. The average Bonchev–Trinajstić information content (AvgIpc) is 2.75. The number of halogens is 1. The molecule has 8 heteroatoms. The van der Waals surface area contributed by atoms with E-state index >= 15 is 0 Å². The van der Waals surface area contributed by atoms with Gasteiger partial charge in [0.25, 0.3) is 5.91 Å². The van der Waals surface area contributed by atoms with Crippen molar-refractivity contribution in [2.24, 2.45) is 0 Å². The molecule has 0 bridgehead atoms. The Balaban J connectivity index is 1.74. The standard InChI is InChI=1S/C21H26FN3O3S/c1-3-23(4-2)21(26)17-6-5-7-20(16-17)29(27,28)25-14-12-24(13-15-25)19-10-8-18(22)9-11-19/h5-11,16H,3-4,12-15H2,1-2H3. The number of rotatable bonds is 6. The molecule has 1 saturated heterocycles. The van der Waals surface area contributed by atoms with E-state index < -0.39 is 10.0 Å². The van der Waals surface area contributed by atoms with Crippen molar-refractivity contribution in [1.29, 1.82) is 0 Å². The molecule has 0 aliphatic carbocycles. The fourth-order valence-corrected chi connectivity index (χ4v) is 4.94. The van der Waals surface area contributed by atoms with E-state index in [1.54, 1.807) is 29.2 Å². The van der Waals surface area contributed by atoms with E-state index in [4.69, 9.17) is 0 Å². The summed E-state index contributed by atoms with van der Waals surface area (Å²) in [5.41, 5.74) is 1.25. The molecule has 0 aromatic heterocycles. The van der Waals surface area contributed by atoms with Gasteiger partial charge in [-0.05, 0) is 56.3 Å². The number of carbonyl (C=O) groups is 1. The van der Waals surface area contributed by atoms with Gasteiger partial charge in [0, 0.05) is 50.5 Å². The van der Waals surface area contributed by atoms with E-state index in [-0.39, 0.29) is 16.6 Å². The summed E-state index contributed by atoms with van der Waals surface area (Å²) >= 11 is 0. The highest BCUT2D eigenvalue weighted by molar-refractivity contribution is 7.89. The fourth-order valence-electron chi connectivity index (χ4n) is 3.47. The van der Waals surface area contributed by atoms with Crippen LogP contribution >= 0.6 is 0 Å². The van der Waals surface area contributed by atoms with Crippen LogP contribution in [0, 0.1) is 5.82 Å². The van der Waals surface area contributed by atoms with Gasteiger partial charge in [0.15, 0.2) is 0 Å². The molecule has 1 aliphatic rings. The second-order valence-corrected chi connectivity index (χ2v) is 8.81. The predicted octanol–water partition coefficient (Wildman–Crippen LogP) is 2.82. The quantitative estimate of drug-likeness (QED) is 0.723. The van der Waals surface area contributed by atoms with Crippen LogP contribution in [0.15, 0.2) is 53.4 Å². The summed E-state index contributed by atoms with van der Waals surface area (Å²) in [5.74, 6) is -0.470. The van der Waals surface area contributed by atoms with Crippen LogP contribution in [0.4, 0.5) is 10.1 Å². The molecular formula is C21H26FN3O3S. The first kappa shape index (κ1) is 21.3. The van der Waals surface area contributed by atoms with Gasteiger partial charge in [-0.3, -0.25) is 4.79 Å². The van der Waals surface area contributed by atoms with Crippen LogP contribution in [0.3, 0.4) is 0 Å². The summed E-state index contributed by atoms with van der Waals surface area (Å²) in [7, 11) is -3.69. The van der Waals surface area contributed by atoms with Crippen molar-refractivity contribution in [2.45, 2.75) is 18.7 Å². The first-order chi connectivity index (χ1) is 13.9. The van der Waals surface area contributed by atoms with E-state index in [0.29, 0.717) is 44.8 Å². The molecule has 6 nitrogen and oxygen atoms in total. The van der Waals surface area contributed by atoms with E-state index in [0.717, 1.165) is 5.69 Å². The minimum atomic E-state index is -3.69. The second kappa shape index (κ2) is 8.92. The van der Waals surface area contributed by atoms with Crippen LogP contribution in [0.25, 0.3) is 0 Å². The molecule has 0 atom stereocenters. The molecule has 1 aliphatic heterocycles. The van der Waals surface area contributed by atoms with Crippen molar-refractivity contribution in [2.75, 3.05) is 44.2 Å². The van der Waals surface area contributed by atoms with E-state index in [2.05, 4.69) is 0 Å². The molecule has 0 spiro atoms. The molecule has 0 unspecified atom stereocenters. The van der Waals surface area contributed by atoms with E-state index in [1.165, 1.54) is 28.6 Å². The molecule has 1 heterocycles. The summed E-state index contributed by atoms with van der Waals surface area (Å²) in [6.45, 7) is 6.61. The zero-order chi connectivity index (χ0) is 21.0. The van der Waals surface area contributed by atoms with Crippen molar-refractivity contribution in [3.05, 3.63) is 59.9 Å². The predicted molar refractivity (Wildman–Crippen MR) is 111 cm³/mol. The summed E-state index contributed by atoms with van der Waals surface area (Å²) in [6.07, 6.45) is 0. The Morgan fingerprint density at radius 2 is 1.62 bits per heavy atom. The van der Waals surface area contributed by atoms with E-state index in [9.17, 15) is 17.6 Å². The molecule has 2 aromatic carbocycles. The maximum Gasteiger partial charge on any atom is 0.253 e. The molecule has 0 radical (unpaired) electrons. The smallest absolute Gasteiger partial charge is 0.253 e. The third-order valence-corrected chi connectivity index (χ3v) is 7.09. The third-order valence-electron chi connectivity index (χ3n) is 5.20. The second-order valence-electron chi connectivity index (χ2n) is 6.87. The highest BCUT2D eigenvalue weighted by Gasteiger charge is 2.29. The number of nitrogens with zero attached hydrogens (tertiary/aromatic N) is 3. The first-order valence-corrected chi connectivity index (χ1v) is 11.2. The highest BCUT2D eigenvalue weighted by Crippen LogP contribution is 2.22. The topological polar surface area (TPSA) is 60.9 Å². The van der Waals surface area contributed by atoms with Crippen molar-refractivity contribution in [3.8, 4) is 0 Å². The molecule has 156 valence electrons. The van der Waals surface area contributed by atoms with Crippen molar-refractivity contribution < 1.29 is 17.6 Å². The van der Waals surface area contributed by atoms with Gasteiger partial charge in [0.2, 0.25) is 10.0 Å². The minimum Gasteiger partial charge on any atom is -0.369 e. The Labute approximate surface area is 171 Å². The Morgan fingerprint density at radius 1 is 1.00 bits per heavy atom. The summed E-state index contributed by atoms with van der Waals surface area (Å²) < 4.78 is 40.7. The minimum absolute atomic E-state index is 0.130. The zero-order valence-corrected chi connectivity index (χ0v) is 17.5. The summed E-state index contributed by atoms with van der Waals surface area (Å²) in [4.78, 5) is 16.4. The number of hydrogen-bond donors (Lipinski definition) is 0. The molecule has 0 saturated carbocycles. The van der Waals surface area contributed by atoms with Crippen LogP contribution in [-0.4, -0.2) is 62.8 Å². The largest absolute Gasteiger partial charge is 0.369 e. The maximum atomic E-state index is 13.1. The molecule has 1 fully saturated rings. The van der Waals surface area contributed by atoms with Gasteiger partial charge in [-0.2, -0.15) is 4.31 Å². The third kappa shape index (κ3) is 4.59. The van der Waals surface area contributed by atoms with Crippen molar-refractivity contribution in [1.82, 2.24) is 9.21 Å². The first-order valence-electron chi connectivity index (χ1n) is 9.76. The number of carbonyl (C=O) groups excluding carboxylic acids is 1. The van der Waals surface area contributed by atoms with Crippen molar-refractivity contribution in [3.63, 3.8) is 0 Å². The van der Waals surface area contributed by atoms with E-state index in [1.807, 2.05) is 18.7 Å². The van der Waals surface area contributed by atoms with Crippen LogP contribution in [0.1, 0.15) is 24.2 Å². The fraction of sp³-hybridized carbons (Fsp3) is 0.381. The summed E-state index contributed by atoms with van der Waals surface area (Å²) in [6, 6.07) is 12.4. The van der Waals surface area contributed by atoms with Crippen LogP contribution in [-0.2, 0) is 10.0 Å². The monoisotopic (exact) mass is 419 g/mol. The lowest BCUT2D eigenvalue weighted by atomic mass is 10.2. The normalized spacial score (nSPS) is 15.3. The number of anilines is 1. The van der Waals surface area contributed by atoms with Gasteiger partial charge in [0.1, 0.15) is 5.82 Å². The van der Waals surface area contributed by atoms with Gasteiger partial charge in [-0.1, -0.05) is 6.07 Å². The lowest BCUT2D eigenvalue weighted by molar-refractivity contribution is 0.0772. The Morgan fingerprint density at radius 3 is 2.21 bits per heavy atom. The Bertz CT molecular complexity index is 951. The molecular weight excluding hydrogens is 393 g/mol. The number of benzene rings is 2. The van der Waals surface area contributed by atoms with Crippen LogP contribution < -0.4 is 4.90 Å². The molecule has 2 aromatic rings. The molecule has 29 heavy (non-hydrogen) atoms. The number of sulfonamides is 1. The number of piperazine rings is 1. The SMILES string of the molecule is CCN(CC)C(=O)c1cccc(S(=O)(=O)N2CCN(c3ccc(F)cc3)CC2)c1. The van der Waals surface area contributed by atoms with Crippen LogP contribution in [0.5, 0.6) is 0 Å². The lowest BCUT2D eigenvalue weighted by Gasteiger charge is -2.35. The summed E-state index contributed by atoms with van der Waals surface area (Å²) in [5, 5.41) is 0. The Hall–Kier alpha value is -2.45. The average molecular weight is 420 g/mol. The van der Waals surface area contributed by atoms with Gasteiger partial charge in [0.05, 0.1) is 4.90 Å². The zero-order valence-electron chi connectivity index (χ0n) is 16.7. The molecule has 3 rings (SSSR count). The highest BCUT2D eigenvalue weighted by atomic mass is 32.2. The number of hydrogen-bond acceptors (Lipinski definition) is 4. The van der Waals surface area contributed by atoms with Crippen molar-refractivity contribution >= 4 is 21.6 Å². The Kier molecular flexibility index (Phi) is 6.54. The molecule has 0 N–H and O–H groups in total. The number of amides is 1.